The van der Waals surface area contributed by atoms with E-state index in [0.717, 1.165) is 6.42 Å². The van der Waals surface area contributed by atoms with Crippen LogP contribution in [0.4, 0.5) is 9.18 Å². The van der Waals surface area contributed by atoms with E-state index in [1.165, 1.54) is 0 Å². The van der Waals surface area contributed by atoms with Crippen molar-refractivity contribution in [3.8, 4) is 0 Å². The van der Waals surface area contributed by atoms with E-state index in [9.17, 15) is 9.18 Å². The van der Waals surface area contributed by atoms with Gasteiger partial charge in [-0.2, -0.15) is 5.10 Å². The third-order valence-electron chi connectivity index (χ3n) is 1.94. The van der Waals surface area contributed by atoms with Gasteiger partial charge in [-0.05, 0) is 40.0 Å². The first-order chi connectivity index (χ1) is 6.88. The number of alkyl halides is 1. The number of hydrazone groups is 1. The highest BCUT2D eigenvalue weighted by Gasteiger charge is 2.22. The van der Waals surface area contributed by atoms with Crippen LogP contribution in [0.25, 0.3) is 0 Å². The van der Waals surface area contributed by atoms with Gasteiger partial charge in [0.2, 0.25) is 0 Å². The molecule has 0 heterocycles. The minimum atomic E-state index is -1.01. The van der Waals surface area contributed by atoms with E-state index < -0.39 is 17.9 Å². The van der Waals surface area contributed by atoms with E-state index in [1.807, 2.05) is 0 Å². The Kier molecular flexibility index (Phi) is 3.66. The summed E-state index contributed by atoms with van der Waals surface area (Å²) in [5.74, 6) is 0. The van der Waals surface area contributed by atoms with Crippen molar-refractivity contribution in [1.29, 1.82) is 0 Å². The van der Waals surface area contributed by atoms with E-state index in [-0.39, 0.29) is 0 Å². The molecule has 0 aromatic heterocycles. The number of nitrogens with one attached hydrogen (secondary N) is 1. The maximum Gasteiger partial charge on any atom is 0.428 e. The lowest BCUT2D eigenvalue weighted by molar-refractivity contribution is 0.0529. The molecule has 1 rings (SSSR count). The zero-order valence-corrected chi connectivity index (χ0v) is 9.34. The van der Waals surface area contributed by atoms with E-state index >= 15 is 0 Å². The summed E-state index contributed by atoms with van der Waals surface area (Å²) >= 11 is 0. The molecule has 0 bridgehead atoms. The summed E-state index contributed by atoms with van der Waals surface area (Å²) in [6.07, 6.45) is 0.232. The third kappa shape index (κ3) is 4.27. The van der Waals surface area contributed by atoms with Crippen LogP contribution >= 0.6 is 0 Å². The van der Waals surface area contributed by atoms with Gasteiger partial charge in [-0.15, -0.1) is 0 Å². The molecule has 1 aliphatic rings. The molecule has 0 aliphatic heterocycles. The zero-order valence-electron chi connectivity index (χ0n) is 9.34. The number of rotatable bonds is 1. The Labute approximate surface area is 88.9 Å². The van der Waals surface area contributed by atoms with E-state index in [1.54, 1.807) is 20.8 Å². The van der Waals surface area contributed by atoms with Gasteiger partial charge in [-0.3, -0.25) is 0 Å². The SMILES string of the molecule is CC(C)(C)OC(=O)N/N=C1/CCCC1F. The second-order valence-electron chi connectivity index (χ2n) is 4.58. The molecule has 1 saturated carbocycles. The quantitative estimate of drug-likeness (QED) is 0.684. The summed E-state index contributed by atoms with van der Waals surface area (Å²) in [6.45, 7) is 5.27. The molecule has 0 radical (unpaired) electrons. The van der Waals surface area contributed by atoms with Gasteiger partial charge in [-0.25, -0.2) is 14.6 Å². The highest BCUT2D eigenvalue weighted by atomic mass is 19.1. The average molecular weight is 216 g/mol. The van der Waals surface area contributed by atoms with Crippen LogP contribution < -0.4 is 5.43 Å². The molecule has 0 aromatic rings. The highest BCUT2D eigenvalue weighted by molar-refractivity contribution is 5.91. The molecule has 5 heteroatoms. The first-order valence-corrected chi connectivity index (χ1v) is 5.08. The van der Waals surface area contributed by atoms with Gasteiger partial charge in [0.15, 0.2) is 0 Å². The first-order valence-electron chi connectivity index (χ1n) is 5.08. The number of carbonyl (C=O) groups is 1. The van der Waals surface area contributed by atoms with E-state index in [2.05, 4.69) is 10.5 Å². The molecule has 0 spiro atoms. The Balaban J connectivity index is 2.39. The van der Waals surface area contributed by atoms with Crippen LogP contribution in [0, 0.1) is 0 Å². The Morgan fingerprint density at radius 3 is 2.73 bits per heavy atom. The van der Waals surface area contributed by atoms with Crippen molar-refractivity contribution in [1.82, 2.24) is 5.43 Å². The molecular weight excluding hydrogens is 199 g/mol. The molecule has 1 amide bonds. The average Bonchev–Trinajstić information content (AvgIpc) is 2.44. The van der Waals surface area contributed by atoms with Gasteiger partial charge in [0, 0.05) is 0 Å². The number of hydrogen-bond acceptors (Lipinski definition) is 3. The third-order valence-corrected chi connectivity index (χ3v) is 1.94. The molecule has 0 aromatic carbocycles. The number of ether oxygens (including phenoxy) is 1. The highest BCUT2D eigenvalue weighted by Crippen LogP contribution is 2.18. The number of nitrogens with zero attached hydrogens (tertiary/aromatic N) is 1. The number of hydrogen-bond donors (Lipinski definition) is 1. The Hall–Kier alpha value is -1.13. The largest absolute Gasteiger partial charge is 0.443 e. The normalized spacial score (nSPS) is 24.3. The maximum absolute atomic E-state index is 13.1. The smallest absolute Gasteiger partial charge is 0.428 e. The predicted octanol–water partition coefficient (Wildman–Crippen LogP) is 2.39. The van der Waals surface area contributed by atoms with Crippen molar-refractivity contribution in [2.45, 2.75) is 51.8 Å². The standard InChI is InChI=1S/C10H17FN2O2/c1-10(2,3)15-9(14)13-12-8-6-4-5-7(8)11/h7H,4-6H2,1-3H3,(H,13,14)/b12-8-. The molecule has 1 unspecified atom stereocenters. The lowest BCUT2D eigenvalue weighted by atomic mass is 10.2. The van der Waals surface area contributed by atoms with Gasteiger partial charge >= 0.3 is 6.09 Å². The monoisotopic (exact) mass is 216 g/mol. The second kappa shape index (κ2) is 4.59. The molecular formula is C10H17FN2O2. The maximum atomic E-state index is 13.1. The molecule has 4 nitrogen and oxygen atoms in total. The Morgan fingerprint density at radius 2 is 2.27 bits per heavy atom. The number of carbonyl (C=O) groups excluding carboxylic acids is 1. The van der Waals surface area contributed by atoms with Gasteiger partial charge in [0.25, 0.3) is 0 Å². The van der Waals surface area contributed by atoms with Crippen LogP contribution in [0.5, 0.6) is 0 Å². The van der Waals surface area contributed by atoms with E-state index in [0.29, 0.717) is 18.6 Å². The van der Waals surface area contributed by atoms with E-state index in [4.69, 9.17) is 4.74 Å². The Bertz CT molecular complexity index is 271. The summed E-state index contributed by atoms with van der Waals surface area (Å²) < 4.78 is 18.0. The van der Waals surface area contributed by atoms with Crippen LogP contribution in [0.15, 0.2) is 5.10 Å². The van der Waals surface area contributed by atoms with Crippen LogP contribution in [-0.4, -0.2) is 23.6 Å². The molecule has 86 valence electrons. The molecule has 15 heavy (non-hydrogen) atoms. The lowest BCUT2D eigenvalue weighted by Gasteiger charge is -2.18. The second-order valence-corrected chi connectivity index (χ2v) is 4.58. The summed E-state index contributed by atoms with van der Waals surface area (Å²) in [5.41, 5.74) is 2.04. The van der Waals surface area contributed by atoms with Crippen LogP contribution in [0.2, 0.25) is 0 Å². The zero-order chi connectivity index (χ0) is 11.5. The molecule has 0 saturated heterocycles. The summed E-state index contributed by atoms with van der Waals surface area (Å²) in [7, 11) is 0. The van der Waals surface area contributed by atoms with Crippen LogP contribution in [0.1, 0.15) is 40.0 Å². The van der Waals surface area contributed by atoms with Crippen molar-refractivity contribution in [2.75, 3.05) is 0 Å². The molecule has 1 N–H and O–H groups in total. The molecule has 1 fully saturated rings. The van der Waals surface area contributed by atoms with Crippen molar-refractivity contribution in [2.24, 2.45) is 5.10 Å². The van der Waals surface area contributed by atoms with Gasteiger partial charge in [-0.1, -0.05) is 0 Å². The van der Waals surface area contributed by atoms with Gasteiger partial charge < -0.3 is 4.74 Å². The summed E-state index contributed by atoms with van der Waals surface area (Å²) in [5, 5.41) is 3.71. The van der Waals surface area contributed by atoms with Gasteiger partial charge in [0.1, 0.15) is 11.8 Å². The van der Waals surface area contributed by atoms with Crippen LogP contribution in [0.3, 0.4) is 0 Å². The number of halogens is 1. The van der Waals surface area contributed by atoms with Crippen molar-refractivity contribution in [3.63, 3.8) is 0 Å². The molecule has 1 aliphatic carbocycles. The lowest BCUT2D eigenvalue weighted by Crippen LogP contribution is -2.30. The van der Waals surface area contributed by atoms with Crippen LogP contribution in [-0.2, 0) is 4.74 Å². The summed E-state index contributed by atoms with van der Waals surface area (Å²) in [6, 6.07) is 0. The predicted molar refractivity (Wildman–Crippen MR) is 55.6 cm³/mol. The fraction of sp³-hybridized carbons (Fsp3) is 0.800. The van der Waals surface area contributed by atoms with Crippen molar-refractivity contribution < 1.29 is 13.9 Å². The fourth-order valence-electron chi connectivity index (χ4n) is 1.33. The summed E-state index contributed by atoms with van der Waals surface area (Å²) in [4.78, 5) is 11.2. The van der Waals surface area contributed by atoms with Gasteiger partial charge in [0.05, 0.1) is 5.71 Å². The number of amides is 1. The minimum absolute atomic E-state index is 0.404. The van der Waals surface area contributed by atoms with Crippen molar-refractivity contribution >= 4 is 11.8 Å². The minimum Gasteiger partial charge on any atom is -0.443 e. The topological polar surface area (TPSA) is 50.7 Å². The van der Waals surface area contributed by atoms with Crippen molar-refractivity contribution in [3.05, 3.63) is 0 Å². The molecule has 1 atom stereocenters. The Morgan fingerprint density at radius 1 is 1.60 bits per heavy atom. The fourth-order valence-corrected chi connectivity index (χ4v) is 1.33. The first kappa shape index (κ1) is 11.9.